The van der Waals surface area contributed by atoms with E-state index >= 15 is 0 Å². The molecule has 0 aromatic rings. The highest BCUT2D eigenvalue weighted by molar-refractivity contribution is 5.79. The molecular formula is C10H14F2N2O. The molecule has 84 valence electrons. The van der Waals surface area contributed by atoms with Crippen molar-refractivity contribution < 1.29 is 13.6 Å². The lowest BCUT2D eigenvalue weighted by Crippen LogP contribution is -2.41. The zero-order valence-electron chi connectivity index (χ0n) is 8.59. The number of hydrogen-bond donors (Lipinski definition) is 1. The summed E-state index contributed by atoms with van der Waals surface area (Å²) in [6.45, 7) is 1.68. The molecular weight excluding hydrogens is 202 g/mol. The summed E-state index contributed by atoms with van der Waals surface area (Å²) < 4.78 is 26.1. The number of hydrogen-bond acceptors (Lipinski definition) is 2. The molecule has 15 heavy (non-hydrogen) atoms. The second kappa shape index (κ2) is 4.56. The molecule has 1 fully saturated rings. The third kappa shape index (κ3) is 3.15. The van der Waals surface area contributed by atoms with Crippen LogP contribution in [0.25, 0.3) is 0 Å². The quantitative estimate of drug-likeness (QED) is 0.714. The van der Waals surface area contributed by atoms with E-state index in [4.69, 9.17) is 5.26 Å². The molecule has 0 aliphatic heterocycles. The van der Waals surface area contributed by atoms with Gasteiger partial charge in [0.15, 0.2) is 0 Å². The van der Waals surface area contributed by atoms with Crippen LogP contribution < -0.4 is 5.32 Å². The number of rotatable bonds is 2. The Hall–Kier alpha value is -1.18. The van der Waals surface area contributed by atoms with E-state index in [2.05, 4.69) is 5.32 Å². The van der Waals surface area contributed by atoms with E-state index in [1.54, 1.807) is 13.0 Å². The number of nitriles is 1. The number of nitrogens with one attached hydrogen (secondary N) is 1. The van der Waals surface area contributed by atoms with Crippen molar-refractivity contribution in [2.75, 3.05) is 6.54 Å². The molecule has 0 aromatic heterocycles. The first kappa shape index (κ1) is 11.9. The average Bonchev–Trinajstić information content (AvgIpc) is 2.18. The van der Waals surface area contributed by atoms with Gasteiger partial charge in [0.05, 0.1) is 6.07 Å². The zero-order valence-corrected chi connectivity index (χ0v) is 8.59. The van der Waals surface area contributed by atoms with Gasteiger partial charge in [0.25, 0.3) is 0 Å². The first-order chi connectivity index (χ1) is 6.96. The van der Waals surface area contributed by atoms with Gasteiger partial charge in [-0.2, -0.15) is 5.26 Å². The van der Waals surface area contributed by atoms with E-state index in [0.29, 0.717) is 6.42 Å². The first-order valence-corrected chi connectivity index (χ1v) is 4.99. The van der Waals surface area contributed by atoms with Crippen LogP contribution in [0.15, 0.2) is 0 Å². The molecule has 1 aliphatic carbocycles. The maximum absolute atomic E-state index is 13.1. The number of alkyl halides is 2. The molecule has 5 heteroatoms. The van der Waals surface area contributed by atoms with Gasteiger partial charge in [0.1, 0.15) is 6.54 Å². The Kier molecular flexibility index (Phi) is 3.61. The van der Waals surface area contributed by atoms with Crippen LogP contribution >= 0.6 is 0 Å². The van der Waals surface area contributed by atoms with Crippen LogP contribution in [0.3, 0.4) is 0 Å². The molecule has 0 aromatic carbocycles. The fourth-order valence-corrected chi connectivity index (χ4v) is 1.87. The Balaban J connectivity index is 2.58. The van der Waals surface area contributed by atoms with Crippen LogP contribution in [-0.2, 0) is 4.79 Å². The number of amides is 1. The van der Waals surface area contributed by atoms with Crippen molar-refractivity contribution in [3.63, 3.8) is 0 Å². The number of nitrogens with zero attached hydrogens (tertiary/aromatic N) is 1. The number of halogens is 2. The Bertz CT molecular complexity index is 286. The van der Waals surface area contributed by atoms with Crippen LogP contribution in [0.1, 0.15) is 26.2 Å². The standard InChI is InChI=1S/C10H14F2N2O/c1-7-2-3-10(11,12)6-8(7)9(15)14-5-4-13/h7-8H,2-3,5-6H2,1H3,(H,14,15)/t7?,8-/m1/s1. The van der Waals surface area contributed by atoms with Crippen LogP contribution in [0.5, 0.6) is 0 Å². The Morgan fingerprint density at radius 2 is 2.33 bits per heavy atom. The third-order valence-electron chi connectivity index (χ3n) is 2.85. The lowest BCUT2D eigenvalue weighted by Gasteiger charge is -2.32. The second-order valence-corrected chi connectivity index (χ2v) is 4.06. The fraction of sp³-hybridized carbons (Fsp3) is 0.800. The largest absolute Gasteiger partial charge is 0.343 e. The molecule has 1 aliphatic rings. The van der Waals surface area contributed by atoms with Crippen molar-refractivity contribution in [3.8, 4) is 6.07 Å². The maximum Gasteiger partial charge on any atom is 0.248 e. The van der Waals surface area contributed by atoms with Crippen molar-refractivity contribution in [3.05, 3.63) is 0 Å². The molecule has 0 spiro atoms. The smallest absolute Gasteiger partial charge is 0.248 e. The van der Waals surface area contributed by atoms with Gasteiger partial charge < -0.3 is 5.32 Å². The third-order valence-corrected chi connectivity index (χ3v) is 2.85. The molecule has 0 radical (unpaired) electrons. The number of carbonyl (C=O) groups excluding carboxylic acids is 1. The first-order valence-electron chi connectivity index (χ1n) is 4.99. The Morgan fingerprint density at radius 1 is 1.67 bits per heavy atom. The Labute approximate surface area is 87.5 Å². The minimum atomic E-state index is -2.73. The number of carbonyl (C=O) groups is 1. The Morgan fingerprint density at radius 3 is 2.93 bits per heavy atom. The summed E-state index contributed by atoms with van der Waals surface area (Å²) in [6, 6.07) is 1.75. The van der Waals surface area contributed by atoms with Gasteiger partial charge in [-0.3, -0.25) is 4.79 Å². The maximum atomic E-state index is 13.1. The van der Waals surface area contributed by atoms with E-state index in [0.717, 1.165) is 0 Å². The zero-order chi connectivity index (χ0) is 11.5. The molecule has 0 bridgehead atoms. The molecule has 2 atom stereocenters. The topological polar surface area (TPSA) is 52.9 Å². The molecule has 1 saturated carbocycles. The van der Waals surface area contributed by atoms with E-state index < -0.39 is 24.2 Å². The summed E-state index contributed by atoms with van der Waals surface area (Å²) in [5, 5.41) is 10.6. The molecule has 0 heterocycles. The van der Waals surface area contributed by atoms with Gasteiger partial charge in [-0.25, -0.2) is 8.78 Å². The van der Waals surface area contributed by atoms with Gasteiger partial charge in [0, 0.05) is 18.8 Å². The van der Waals surface area contributed by atoms with E-state index in [1.165, 1.54) is 0 Å². The average molecular weight is 216 g/mol. The summed E-state index contributed by atoms with van der Waals surface area (Å²) in [6.07, 6.45) is -0.181. The molecule has 1 rings (SSSR count). The summed E-state index contributed by atoms with van der Waals surface area (Å²) in [5.41, 5.74) is 0. The van der Waals surface area contributed by atoms with Gasteiger partial charge in [-0.05, 0) is 12.3 Å². The molecule has 3 nitrogen and oxygen atoms in total. The van der Waals surface area contributed by atoms with E-state index in [1.807, 2.05) is 0 Å². The van der Waals surface area contributed by atoms with Crippen molar-refractivity contribution in [2.45, 2.75) is 32.1 Å². The summed E-state index contributed by atoms with van der Waals surface area (Å²) in [7, 11) is 0. The fourth-order valence-electron chi connectivity index (χ4n) is 1.87. The highest BCUT2D eigenvalue weighted by Crippen LogP contribution is 2.39. The van der Waals surface area contributed by atoms with Crippen LogP contribution in [0, 0.1) is 23.2 Å². The van der Waals surface area contributed by atoms with Gasteiger partial charge in [-0.1, -0.05) is 6.92 Å². The van der Waals surface area contributed by atoms with E-state index in [-0.39, 0.29) is 18.9 Å². The minimum Gasteiger partial charge on any atom is -0.343 e. The van der Waals surface area contributed by atoms with Crippen LogP contribution in [0.4, 0.5) is 8.78 Å². The normalized spacial score (nSPS) is 29.2. The highest BCUT2D eigenvalue weighted by Gasteiger charge is 2.42. The predicted molar refractivity (Wildman–Crippen MR) is 50.1 cm³/mol. The van der Waals surface area contributed by atoms with Crippen molar-refractivity contribution in [1.29, 1.82) is 5.26 Å². The molecule has 1 amide bonds. The lowest BCUT2D eigenvalue weighted by atomic mass is 9.78. The summed E-state index contributed by atoms with van der Waals surface area (Å²) >= 11 is 0. The van der Waals surface area contributed by atoms with Gasteiger partial charge in [0.2, 0.25) is 11.8 Å². The molecule has 1 N–H and O–H groups in total. The molecule has 0 saturated heterocycles. The van der Waals surface area contributed by atoms with Crippen molar-refractivity contribution >= 4 is 5.91 Å². The highest BCUT2D eigenvalue weighted by atomic mass is 19.3. The van der Waals surface area contributed by atoms with Crippen molar-refractivity contribution in [2.24, 2.45) is 11.8 Å². The second-order valence-electron chi connectivity index (χ2n) is 4.06. The SMILES string of the molecule is CC1CCC(F)(F)C[C@H]1C(=O)NCC#N. The predicted octanol–water partition coefficient (Wildman–Crippen LogP) is 1.70. The lowest BCUT2D eigenvalue weighted by molar-refractivity contribution is -0.135. The summed E-state index contributed by atoms with van der Waals surface area (Å²) in [4.78, 5) is 11.5. The van der Waals surface area contributed by atoms with E-state index in [9.17, 15) is 13.6 Å². The van der Waals surface area contributed by atoms with Crippen molar-refractivity contribution in [1.82, 2.24) is 5.32 Å². The summed E-state index contributed by atoms with van der Waals surface area (Å²) in [5.74, 6) is -3.87. The van der Waals surface area contributed by atoms with Gasteiger partial charge in [-0.15, -0.1) is 0 Å². The monoisotopic (exact) mass is 216 g/mol. The van der Waals surface area contributed by atoms with Crippen LogP contribution in [0.2, 0.25) is 0 Å². The van der Waals surface area contributed by atoms with Gasteiger partial charge >= 0.3 is 0 Å². The minimum absolute atomic E-state index is 0.0386. The van der Waals surface area contributed by atoms with Crippen LogP contribution in [-0.4, -0.2) is 18.4 Å². The molecule has 1 unspecified atom stereocenters.